The van der Waals surface area contributed by atoms with Gasteiger partial charge in [0.15, 0.2) is 0 Å². The van der Waals surface area contributed by atoms with Crippen molar-refractivity contribution in [3.05, 3.63) is 12.4 Å². The standard InChI is InChI=1S/C13H25N5/c1-10(8-14)17(5)11-7-12(16-9-15-11)18(6)13(2,3)4/h7,9-10H,8,14H2,1-6H3. The van der Waals surface area contributed by atoms with Crippen molar-refractivity contribution in [1.29, 1.82) is 0 Å². The minimum absolute atomic E-state index is 0.0314. The van der Waals surface area contributed by atoms with E-state index in [9.17, 15) is 0 Å². The lowest BCUT2D eigenvalue weighted by molar-refractivity contribution is 0.533. The van der Waals surface area contributed by atoms with Crippen molar-refractivity contribution in [1.82, 2.24) is 9.97 Å². The van der Waals surface area contributed by atoms with Gasteiger partial charge >= 0.3 is 0 Å². The Labute approximate surface area is 110 Å². The van der Waals surface area contributed by atoms with Gasteiger partial charge in [-0.05, 0) is 27.7 Å². The Kier molecular flexibility index (Phi) is 4.51. The fraction of sp³-hybridized carbons (Fsp3) is 0.692. The second-order valence-corrected chi connectivity index (χ2v) is 5.66. The summed E-state index contributed by atoms with van der Waals surface area (Å²) in [6.07, 6.45) is 1.60. The molecule has 0 amide bonds. The molecule has 0 aliphatic rings. The first-order chi connectivity index (χ1) is 8.27. The zero-order chi connectivity index (χ0) is 13.9. The van der Waals surface area contributed by atoms with Gasteiger partial charge in [-0.2, -0.15) is 0 Å². The molecule has 0 saturated heterocycles. The molecule has 2 N–H and O–H groups in total. The van der Waals surface area contributed by atoms with Crippen LogP contribution < -0.4 is 15.5 Å². The summed E-state index contributed by atoms with van der Waals surface area (Å²) in [4.78, 5) is 12.8. The molecule has 0 bridgehead atoms. The van der Waals surface area contributed by atoms with Crippen LogP contribution in [0, 0.1) is 0 Å². The molecule has 0 aliphatic carbocycles. The summed E-state index contributed by atoms with van der Waals surface area (Å²) in [7, 11) is 4.04. The van der Waals surface area contributed by atoms with E-state index < -0.39 is 0 Å². The number of nitrogens with two attached hydrogens (primary N) is 1. The van der Waals surface area contributed by atoms with Crippen molar-refractivity contribution < 1.29 is 0 Å². The fourth-order valence-corrected chi connectivity index (χ4v) is 1.44. The molecular formula is C13H25N5. The SMILES string of the molecule is CC(CN)N(C)c1cc(N(C)C(C)(C)C)ncn1. The summed E-state index contributed by atoms with van der Waals surface area (Å²) in [5.74, 6) is 1.82. The van der Waals surface area contributed by atoms with Crippen LogP contribution in [0.1, 0.15) is 27.7 Å². The van der Waals surface area contributed by atoms with E-state index in [1.54, 1.807) is 6.33 Å². The maximum absolute atomic E-state index is 5.68. The molecule has 0 aliphatic heterocycles. The highest BCUT2D eigenvalue weighted by molar-refractivity contribution is 5.51. The lowest BCUT2D eigenvalue weighted by atomic mass is 10.1. The molecule has 1 aromatic heterocycles. The van der Waals surface area contributed by atoms with E-state index in [1.807, 2.05) is 20.2 Å². The van der Waals surface area contributed by atoms with Crippen LogP contribution >= 0.6 is 0 Å². The number of hydrogen-bond acceptors (Lipinski definition) is 5. The minimum atomic E-state index is 0.0314. The summed E-state index contributed by atoms with van der Waals surface area (Å²) < 4.78 is 0. The summed E-state index contributed by atoms with van der Waals surface area (Å²) >= 11 is 0. The van der Waals surface area contributed by atoms with Crippen molar-refractivity contribution in [2.24, 2.45) is 5.73 Å². The van der Waals surface area contributed by atoms with Crippen molar-refractivity contribution in [3.8, 4) is 0 Å². The van der Waals surface area contributed by atoms with Gasteiger partial charge < -0.3 is 15.5 Å². The molecule has 0 radical (unpaired) electrons. The Bertz CT molecular complexity index is 385. The third-order valence-corrected chi connectivity index (χ3v) is 3.35. The monoisotopic (exact) mass is 251 g/mol. The van der Waals surface area contributed by atoms with E-state index in [0.29, 0.717) is 6.54 Å². The third-order valence-electron chi connectivity index (χ3n) is 3.35. The van der Waals surface area contributed by atoms with E-state index in [4.69, 9.17) is 5.73 Å². The van der Waals surface area contributed by atoms with E-state index in [1.165, 1.54) is 0 Å². The molecule has 0 spiro atoms. The first-order valence-electron chi connectivity index (χ1n) is 6.26. The van der Waals surface area contributed by atoms with Gasteiger partial charge in [-0.15, -0.1) is 0 Å². The number of anilines is 2. The number of hydrogen-bond donors (Lipinski definition) is 1. The molecule has 0 aromatic carbocycles. The summed E-state index contributed by atoms with van der Waals surface area (Å²) in [5.41, 5.74) is 5.71. The smallest absolute Gasteiger partial charge is 0.134 e. The van der Waals surface area contributed by atoms with Gasteiger partial charge in [-0.1, -0.05) is 0 Å². The van der Waals surface area contributed by atoms with Gasteiger partial charge in [-0.3, -0.25) is 0 Å². The average molecular weight is 251 g/mol. The predicted molar refractivity (Wildman–Crippen MR) is 77.1 cm³/mol. The number of rotatable bonds is 4. The van der Waals surface area contributed by atoms with Crippen LogP contribution in [0.25, 0.3) is 0 Å². The van der Waals surface area contributed by atoms with Gasteiger partial charge in [0.1, 0.15) is 18.0 Å². The van der Waals surface area contributed by atoms with Crippen molar-refractivity contribution >= 4 is 11.6 Å². The fourth-order valence-electron chi connectivity index (χ4n) is 1.44. The molecule has 18 heavy (non-hydrogen) atoms. The Morgan fingerprint density at radius 2 is 1.78 bits per heavy atom. The first-order valence-corrected chi connectivity index (χ1v) is 6.26. The highest BCUT2D eigenvalue weighted by Gasteiger charge is 2.20. The summed E-state index contributed by atoms with van der Waals surface area (Å²) in [6.45, 7) is 9.14. The van der Waals surface area contributed by atoms with Crippen LogP contribution in [0.5, 0.6) is 0 Å². The van der Waals surface area contributed by atoms with Crippen LogP contribution in [0.3, 0.4) is 0 Å². The van der Waals surface area contributed by atoms with Crippen LogP contribution in [0.4, 0.5) is 11.6 Å². The quantitative estimate of drug-likeness (QED) is 0.878. The van der Waals surface area contributed by atoms with E-state index in [-0.39, 0.29) is 11.6 Å². The van der Waals surface area contributed by atoms with Crippen LogP contribution in [-0.4, -0.2) is 42.2 Å². The van der Waals surface area contributed by atoms with E-state index in [0.717, 1.165) is 11.6 Å². The lowest BCUT2D eigenvalue weighted by Gasteiger charge is -2.33. The van der Waals surface area contributed by atoms with E-state index in [2.05, 4.69) is 47.5 Å². The minimum Gasteiger partial charge on any atom is -0.356 e. The molecule has 1 unspecified atom stereocenters. The summed E-state index contributed by atoms with van der Waals surface area (Å²) in [6, 6.07) is 2.25. The Morgan fingerprint density at radius 3 is 2.28 bits per heavy atom. The topological polar surface area (TPSA) is 58.3 Å². The maximum Gasteiger partial charge on any atom is 0.134 e. The molecule has 1 heterocycles. The van der Waals surface area contributed by atoms with Gasteiger partial charge in [-0.25, -0.2) is 9.97 Å². The number of aromatic nitrogens is 2. The molecule has 5 heteroatoms. The molecule has 0 saturated carbocycles. The Balaban J connectivity index is 2.99. The largest absolute Gasteiger partial charge is 0.356 e. The predicted octanol–water partition coefficient (Wildman–Crippen LogP) is 1.49. The van der Waals surface area contributed by atoms with Crippen molar-refractivity contribution in [2.75, 3.05) is 30.4 Å². The maximum atomic E-state index is 5.68. The highest BCUT2D eigenvalue weighted by atomic mass is 15.2. The molecule has 5 nitrogen and oxygen atoms in total. The van der Waals surface area contributed by atoms with Gasteiger partial charge in [0.2, 0.25) is 0 Å². The molecular weight excluding hydrogens is 226 g/mol. The van der Waals surface area contributed by atoms with Crippen LogP contribution in [-0.2, 0) is 0 Å². The Hall–Kier alpha value is -1.36. The Morgan fingerprint density at radius 1 is 1.22 bits per heavy atom. The highest BCUT2D eigenvalue weighted by Crippen LogP contribution is 2.22. The van der Waals surface area contributed by atoms with Gasteiger partial charge in [0.25, 0.3) is 0 Å². The first kappa shape index (κ1) is 14.7. The van der Waals surface area contributed by atoms with Gasteiger partial charge in [0, 0.05) is 38.3 Å². The second-order valence-electron chi connectivity index (χ2n) is 5.66. The normalized spacial score (nSPS) is 13.3. The summed E-state index contributed by atoms with van der Waals surface area (Å²) in [5, 5.41) is 0. The third kappa shape index (κ3) is 3.32. The average Bonchev–Trinajstić information content (AvgIpc) is 2.35. The second kappa shape index (κ2) is 5.52. The van der Waals surface area contributed by atoms with Crippen LogP contribution in [0.15, 0.2) is 12.4 Å². The van der Waals surface area contributed by atoms with Crippen LogP contribution in [0.2, 0.25) is 0 Å². The molecule has 1 rings (SSSR count). The van der Waals surface area contributed by atoms with E-state index >= 15 is 0 Å². The molecule has 102 valence electrons. The van der Waals surface area contributed by atoms with Crippen molar-refractivity contribution in [2.45, 2.75) is 39.3 Å². The molecule has 0 fully saturated rings. The zero-order valence-corrected chi connectivity index (χ0v) is 12.3. The van der Waals surface area contributed by atoms with Crippen molar-refractivity contribution in [3.63, 3.8) is 0 Å². The zero-order valence-electron chi connectivity index (χ0n) is 12.3. The lowest BCUT2D eigenvalue weighted by Crippen LogP contribution is -2.39. The molecule has 1 aromatic rings. The number of nitrogens with zero attached hydrogens (tertiary/aromatic N) is 4. The van der Waals surface area contributed by atoms with Gasteiger partial charge in [0.05, 0.1) is 0 Å². The molecule has 1 atom stereocenters. The number of likely N-dealkylation sites (N-methyl/N-ethyl adjacent to an activating group) is 1.